The average Bonchev–Trinajstić information content (AvgIpc) is 3.05. The van der Waals surface area contributed by atoms with Gasteiger partial charge in [0.2, 0.25) is 0 Å². The molecule has 0 amide bonds. The zero-order valence-corrected chi connectivity index (χ0v) is 11.6. The molecule has 1 saturated carbocycles. The molecule has 2 rings (SSSR count). The summed E-state index contributed by atoms with van der Waals surface area (Å²) in [4.78, 5) is 0. The van der Waals surface area contributed by atoms with E-state index in [9.17, 15) is 0 Å². The normalized spacial score (nSPS) is 19.3. The van der Waals surface area contributed by atoms with Gasteiger partial charge in [-0.1, -0.05) is 13.8 Å². The Morgan fingerprint density at radius 1 is 1.53 bits per heavy atom. The van der Waals surface area contributed by atoms with E-state index < -0.39 is 0 Å². The third kappa shape index (κ3) is 2.89. The molecule has 0 aromatic carbocycles. The summed E-state index contributed by atoms with van der Waals surface area (Å²) in [5.74, 6) is 0.900. The Labute approximate surface area is 105 Å². The molecule has 3 nitrogen and oxygen atoms in total. The Morgan fingerprint density at radius 2 is 2.24 bits per heavy atom. The van der Waals surface area contributed by atoms with Crippen LogP contribution in [-0.2, 0) is 13.5 Å². The zero-order chi connectivity index (χ0) is 12.5. The van der Waals surface area contributed by atoms with Crippen molar-refractivity contribution in [3.63, 3.8) is 0 Å². The maximum atomic E-state index is 4.45. The van der Waals surface area contributed by atoms with Gasteiger partial charge >= 0.3 is 0 Å². The lowest BCUT2D eigenvalue weighted by Crippen LogP contribution is -2.36. The van der Waals surface area contributed by atoms with Gasteiger partial charge in [0.15, 0.2) is 0 Å². The Bertz CT molecular complexity index is 379. The van der Waals surface area contributed by atoms with Crippen LogP contribution in [0.1, 0.15) is 38.1 Å². The third-order valence-corrected chi connectivity index (χ3v) is 4.03. The highest BCUT2D eigenvalue weighted by atomic mass is 15.3. The molecule has 0 radical (unpaired) electrons. The highest BCUT2D eigenvalue weighted by molar-refractivity contribution is 5.12. The minimum Gasteiger partial charge on any atom is -0.316 e. The minimum absolute atomic E-state index is 0.399. The van der Waals surface area contributed by atoms with E-state index in [0.717, 1.165) is 31.1 Å². The number of hydrogen-bond acceptors (Lipinski definition) is 2. The SMILES string of the molecule is CCNCC(C)(Cc1cc(C)nn1C)C1CC1. The summed E-state index contributed by atoms with van der Waals surface area (Å²) in [6, 6.07) is 2.23. The van der Waals surface area contributed by atoms with Crippen LogP contribution in [0.2, 0.25) is 0 Å². The van der Waals surface area contributed by atoms with Crippen molar-refractivity contribution in [1.29, 1.82) is 0 Å². The van der Waals surface area contributed by atoms with Crippen molar-refractivity contribution >= 4 is 0 Å². The summed E-state index contributed by atoms with van der Waals surface area (Å²) in [7, 11) is 2.06. The molecule has 1 unspecified atom stereocenters. The predicted octanol–water partition coefficient (Wildman–Crippen LogP) is 2.30. The quantitative estimate of drug-likeness (QED) is 0.820. The van der Waals surface area contributed by atoms with E-state index in [2.05, 4.69) is 44.3 Å². The fourth-order valence-electron chi connectivity index (χ4n) is 2.79. The topological polar surface area (TPSA) is 29.9 Å². The molecule has 1 heterocycles. The van der Waals surface area contributed by atoms with Crippen molar-refractivity contribution in [2.24, 2.45) is 18.4 Å². The van der Waals surface area contributed by atoms with Gasteiger partial charge in [0.1, 0.15) is 0 Å². The van der Waals surface area contributed by atoms with E-state index >= 15 is 0 Å². The molecule has 1 aliphatic rings. The molecule has 1 fully saturated rings. The van der Waals surface area contributed by atoms with Gasteiger partial charge in [0.25, 0.3) is 0 Å². The lowest BCUT2D eigenvalue weighted by molar-refractivity contribution is 0.252. The summed E-state index contributed by atoms with van der Waals surface area (Å²) in [5, 5.41) is 7.98. The number of aromatic nitrogens is 2. The van der Waals surface area contributed by atoms with Crippen LogP contribution in [0.25, 0.3) is 0 Å². The van der Waals surface area contributed by atoms with E-state index in [0.29, 0.717) is 5.41 Å². The number of aryl methyl sites for hydroxylation is 2. The molecule has 0 saturated heterocycles. The Balaban J connectivity index is 2.09. The molecule has 0 aliphatic heterocycles. The zero-order valence-electron chi connectivity index (χ0n) is 11.6. The highest BCUT2D eigenvalue weighted by Crippen LogP contribution is 2.47. The van der Waals surface area contributed by atoms with Gasteiger partial charge in [-0.15, -0.1) is 0 Å². The molecule has 1 aromatic rings. The van der Waals surface area contributed by atoms with Crippen molar-refractivity contribution in [2.45, 2.75) is 40.0 Å². The first kappa shape index (κ1) is 12.6. The van der Waals surface area contributed by atoms with Gasteiger partial charge in [-0.2, -0.15) is 5.10 Å². The second-order valence-electron chi connectivity index (χ2n) is 5.79. The molecule has 1 atom stereocenters. The minimum atomic E-state index is 0.399. The first-order valence-electron chi connectivity index (χ1n) is 6.75. The largest absolute Gasteiger partial charge is 0.316 e. The Hall–Kier alpha value is -0.830. The van der Waals surface area contributed by atoms with Crippen LogP contribution >= 0.6 is 0 Å². The smallest absolute Gasteiger partial charge is 0.0596 e. The molecule has 1 N–H and O–H groups in total. The second kappa shape index (κ2) is 4.81. The third-order valence-electron chi connectivity index (χ3n) is 4.03. The van der Waals surface area contributed by atoms with Gasteiger partial charge in [0, 0.05) is 19.3 Å². The lowest BCUT2D eigenvalue weighted by Gasteiger charge is -2.30. The van der Waals surface area contributed by atoms with Gasteiger partial charge in [-0.05, 0) is 50.1 Å². The molecule has 0 spiro atoms. The molecule has 17 heavy (non-hydrogen) atoms. The molecule has 1 aromatic heterocycles. The lowest BCUT2D eigenvalue weighted by atomic mass is 9.80. The first-order chi connectivity index (χ1) is 8.05. The Kier molecular flexibility index (Phi) is 3.57. The van der Waals surface area contributed by atoms with E-state index in [1.165, 1.54) is 18.5 Å². The van der Waals surface area contributed by atoms with E-state index in [1.807, 2.05) is 4.68 Å². The van der Waals surface area contributed by atoms with Crippen LogP contribution in [-0.4, -0.2) is 22.9 Å². The van der Waals surface area contributed by atoms with Crippen LogP contribution in [0.3, 0.4) is 0 Å². The molecule has 3 heteroatoms. The molecular formula is C14H25N3. The van der Waals surface area contributed by atoms with Gasteiger partial charge in [-0.25, -0.2) is 0 Å². The monoisotopic (exact) mass is 235 g/mol. The van der Waals surface area contributed by atoms with Gasteiger partial charge in [-0.3, -0.25) is 4.68 Å². The molecular weight excluding hydrogens is 210 g/mol. The van der Waals surface area contributed by atoms with Crippen molar-refractivity contribution in [1.82, 2.24) is 15.1 Å². The number of nitrogens with one attached hydrogen (secondary N) is 1. The maximum absolute atomic E-state index is 4.45. The van der Waals surface area contributed by atoms with Crippen LogP contribution in [0.15, 0.2) is 6.07 Å². The summed E-state index contributed by atoms with van der Waals surface area (Å²) in [6.07, 6.45) is 3.94. The predicted molar refractivity (Wildman–Crippen MR) is 71.0 cm³/mol. The van der Waals surface area contributed by atoms with Crippen LogP contribution in [0.4, 0.5) is 0 Å². The summed E-state index contributed by atoms with van der Waals surface area (Å²) < 4.78 is 2.04. The van der Waals surface area contributed by atoms with Crippen molar-refractivity contribution < 1.29 is 0 Å². The number of nitrogens with zero attached hydrogens (tertiary/aromatic N) is 2. The first-order valence-corrected chi connectivity index (χ1v) is 6.75. The summed E-state index contributed by atoms with van der Waals surface area (Å²) in [6.45, 7) is 8.87. The fraction of sp³-hybridized carbons (Fsp3) is 0.786. The molecule has 96 valence electrons. The summed E-state index contributed by atoms with van der Waals surface area (Å²) in [5.41, 5.74) is 2.90. The molecule has 1 aliphatic carbocycles. The standard InChI is InChI=1S/C14H25N3/c1-5-15-10-14(3,12-6-7-12)9-13-8-11(2)16-17(13)4/h8,12,15H,5-7,9-10H2,1-4H3. The van der Waals surface area contributed by atoms with Crippen LogP contribution in [0.5, 0.6) is 0 Å². The van der Waals surface area contributed by atoms with E-state index in [-0.39, 0.29) is 0 Å². The molecule has 0 bridgehead atoms. The highest BCUT2D eigenvalue weighted by Gasteiger charge is 2.41. The summed E-state index contributed by atoms with van der Waals surface area (Å²) >= 11 is 0. The second-order valence-corrected chi connectivity index (χ2v) is 5.79. The van der Waals surface area contributed by atoms with Gasteiger partial charge in [0.05, 0.1) is 5.69 Å². The van der Waals surface area contributed by atoms with Crippen LogP contribution in [0, 0.1) is 18.3 Å². The number of rotatable bonds is 6. The van der Waals surface area contributed by atoms with E-state index in [4.69, 9.17) is 0 Å². The van der Waals surface area contributed by atoms with E-state index in [1.54, 1.807) is 0 Å². The van der Waals surface area contributed by atoms with Crippen molar-refractivity contribution in [3.8, 4) is 0 Å². The van der Waals surface area contributed by atoms with Crippen molar-refractivity contribution in [2.75, 3.05) is 13.1 Å². The fourth-order valence-corrected chi connectivity index (χ4v) is 2.79. The van der Waals surface area contributed by atoms with Crippen LogP contribution < -0.4 is 5.32 Å². The maximum Gasteiger partial charge on any atom is 0.0596 e. The van der Waals surface area contributed by atoms with Gasteiger partial charge < -0.3 is 5.32 Å². The average molecular weight is 235 g/mol. The number of hydrogen-bond donors (Lipinski definition) is 1. The Morgan fingerprint density at radius 3 is 2.71 bits per heavy atom. The van der Waals surface area contributed by atoms with Crippen molar-refractivity contribution in [3.05, 3.63) is 17.5 Å².